The molecule has 0 bridgehead atoms. The van der Waals surface area contributed by atoms with Crippen molar-refractivity contribution in [1.29, 1.82) is 0 Å². The quantitative estimate of drug-likeness (QED) is 0.555. The van der Waals surface area contributed by atoms with Gasteiger partial charge in [0, 0.05) is 13.1 Å². The van der Waals surface area contributed by atoms with Gasteiger partial charge in [0.15, 0.2) is 0 Å². The molecule has 2 heterocycles. The third-order valence-corrected chi connectivity index (χ3v) is 6.04. The molecule has 0 radical (unpaired) electrons. The largest absolute Gasteiger partial charge is 0.496 e. The van der Waals surface area contributed by atoms with Gasteiger partial charge in [-0.15, -0.1) is 0 Å². The molecule has 2 aliphatic heterocycles. The predicted octanol–water partition coefficient (Wildman–Crippen LogP) is 2.99. The Morgan fingerprint density at radius 1 is 1.24 bits per heavy atom. The minimum absolute atomic E-state index is 0.159. The van der Waals surface area contributed by atoms with Crippen LogP contribution in [0.4, 0.5) is 11.4 Å². The average Bonchev–Trinajstić information content (AvgIpc) is 2.70. The number of carbonyl (C=O) groups excluding carboxylic acids is 1. The lowest BCUT2D eigenvalue weighted by atomic mass is 9.94. The van der Waals surface area contributed by atoms with E-state index in [4.69, 9.17) is 4.74 Å². The lowest BCUT2D eigenvalue weighted by Crippen LogP contribution is -2.45. The molecule has 8 nitrogen and oxygen atoms in total. The van der Waals surface area contributed by atoms with E-state index in [1.807, 2.05) is 0 Å². The maximum Gasteiger partial charge on any atom is 0.296 e. The molecule has 0 spiro atoms. The van der Waals surface area contributed by atoms with Crippen molar-refractivity contribution in [3.63, 3.8) is 0 Å². The van der Waals surface area contributed by atoms with Crippen molar-refractivity contribution >= 4 is 17.3 Å². The smallest absolute Gasteiger partial charge is 0.296 e. The SMILES string of the molecule is COc1ccc(NC(=O)CN2CCCC(CN3CCC(C)CC3)C2)c([N+](=O)[O-])c1. The van der Waals surface area contributed by atoms with Gasteiger partial charge >= 0.3 is 0 Å². The Morgan fingerprint density at radius 2 is 2.00 bits per heavy atom. The molecule has 1 aromatic rings. The van der Waals surface area contributed by atoms with Crippen LogP contribution in [-0.4, -0.2) is 67.0 Å². The second-order valence-corrected chi connectivity index (χ2v) is 8.41. The van der Waals surface area contributed by atoms with Gasteiger partial charge in [0.1, 0.15) is 11.4 Å². The number of nitrogens with one attached hydrogen (secondary N) is 1. The number of ether oxygens (including phenoxy) is 1. The van der Waals surface area contributed by atoms with Gasteiger partial charge in [-0.05, 0) is 69.3 Å². The summed E-state index contributed by atoms with van der Waals surface area (Å²) in [5, 5.41) is 14.0. The molecule has 3 rings (SSSR count). The molecule has 1 aromatic carbocycles. The van der Waals surface area contributed by atoms with E-state index < -0.39 is 4.92 Å². The van der Waals surface area contributed by atoms with Crippen molar-refractivity contribution in [3.05, 3.63) is 28.3 Å². The zero-order valence-electron chi connectivity index (χ0n) is 17.4. The summed E-state index contributed by atoms with van der Waals surface area (Å²) in [5.41, 5.74) is 0.0466. The van der Waals surface area contributed by atoms with Gasteiger partial charge in [-0.3, -0.25) is 19.8 Å². The first-order chi connectivity index (χ1) is 13.9. The van der Waals surface area contributed by atoms with Gasteiger partial charge in [-0.25, -0.2) is 0 Å². The molecule has 2 aliphatic rings. The zero-order chi connectivity index (χ0) is 20.8. The van der Waals surface area contributed by atoms with E-state index in [0.717, 1.165) is 32.0 Å². The molecule has 160 valence electrons. The van der Waals surface area contributed by atoms with Crippen LogP contribution in [0.1, 0.15) is 32.6 Å². The summed E-state index contributed by atoms with van der Waals surface area (Å²) in [6.45, 7) is 7.85. The average molecular weight is 405 g/mol. The van der Waals surface area contributed by atoms with Crippen molar-refractivity contribution in [2.75, 3.05) is 51.7 Å². The first-order valence-electron chi connectivity index (χ1n) is 10.5. The Labute approximate surface area is 172 Å². The third kappa shape index (κ3) is 6.14. The fourth-order valence-electron chi connectivity index (χ4n) is 4.34. The Balaban J connectivity index is 1.52. The van der Waals surface area contributed by atoms with Crippen LogP contribution in [0, 0.1) is 22.0 Å². The van der Waals surface area contributed by atoms with E-state index in [0.29, 0.717) is 11.7 Å². The van der Waals surface area contributed by atoms with Gasteiger partial charge in [0.25, 0.3) is 5.69 Å². The lowest BCUT2D eigenvalue weighted by molar-refractivity contribution is -0.384. The Hall–Kier alpha value is -2.19. The number of amides is 1. The molecule has 1 atom stereocenters. The second kappa shape index (κ2) is 10.0. The molecule has 0 aromatic heterocycles. The van der Waals surface area contributed by atoms with E-state index in [-0.39, 0.29) is 23.8 Å². The number of anilines is 1. The molecule has 8 heteroatoms. The van der Waals surface area contributed by atoms with Crippen LogP contribution in [0.3, 0.4) is 0 Å². The van der Waals surface area contributed by atoms with E-state index in [1.165, 1.54) is 51.6 Å². The van der Waals surface area contributed by atoms with Crippen LogP contribution in [0.5, 0.6) is 5.75 Å². The number of benzene rings is 1. The Bertz CT molecular complexity index is 719. The predicted molar refractivity (Wildman–Crippen MR) is 112 cm³/mol. The molecule has 0 saturated carbocycles. The number of nitro groups is 1. The van der Waals surface area contributed by atoms with E-state index >= 15 is 0 Å². The summed E-state index contributed by atoms with van der Waals surface area (Å²) < 4.78 is 5.04. The highest BCUT2D eigenvalue weighted by Gasteiger charge is 2.26. The monoisotopic (exact) mass is 404 g/mol. The zero-order valence-corrected chi connectivity index (χ0v) is 17.4. The van der Waals surface area contributed by atoms with Crippen LogP contribution >= 0.6 is 0 Å². The normalized spacial score (nSPS) is 21.7. The van der Waals surface area contributed by atoms with Gasteiger partial charge in [-0.1, -0.05) is 6.92 Å². The highest BCUT2D eigenvalue weighted by atomic mass is 16.6. The van der Waals surface area contributed by atoms with Crippen LogP contribution in [-0.2, 0) is 4.79 Å². The first kappa shape index (κ1) is 21.5. The van der Waals surface area contributed by atoms with Gasteiger partial charge in [0.2, 0.25) is 5.91 Å². The molecule has 2 fully saturated rings. The fraction of sp³-hybridized carbons (Fsp3) is 0.667. The minimum atomic E-state index is -0.505. The van der Waals surface area contributed by atoms with Gasteiger partial charge in [-0.2, -0.15) is 0 Å². The summed E-state index contributed by atoms with van der Waals surface area (Å²) in [6.07, 6.45) is 4.85. The van der Waals surface area contributed by atoms with Crippen molar-refractivity contribution in [2.45, 2.75) is 32.6 Å². The van der Waals surface area contributed by atoms with Crippen LogP contribution in [0.2, 0.25) is 0 Å². The molecule has 2 saturated heterocycles. The summed E-state index contributed by atoms with van der Waals surface area (Å²) in [6, 6.07) is 4.45. The highest BCUT2D eigenvalue weighted by Crippen LogP contribution is 2.29. The summed E-state index contributed by atoms with van der Waals surface area (Å²) >= 11 is 0. The van der Waals surface area contributed by atoms with Gasteiger partial charge in [0.05, 0.1) is 24.6 Å². The van der Waals surface area contributed by atoms with Crippen molar-refractivity contribution in [1.82, 2.24) is 9.80 Å². The van der Waals surface area contributed by atoms with Gasteiger partial charge < -0.3 is 15.0 Å². The van der Waals surface area contributed by atoms with Crippen molar-refractivity contribution in [3.8, 4) is 5.75 Å². The number of piperidine rings is 2. The number of hydrogen-bond donors (Lipinski definition) is 1. The number of methoxy groups -OCH3 is 1. The van der Waals surface area contributed by atoms with Crippen molar-refractivity contribution < 1.29 is 14.5 Å². The molecule has 1 N–H and O–H groups in total. The molecule has 29 heavy (non-hydrogen) atoms. The second-order valence-electron chi connectivity index (χ2n) is 8.41. The van der Waals surface area contributed by atoms with E-state index in [9.17, 15) is 14.9 Å². The molecular weight excluding hydrogens is 372 g/mol. The first-order valence-corrected chi connectivity index (χ1v) is 10.5. The number of likely N-dealkylation sites (tertiary alicyclic amines) is 2. The maximum absolute atomic E-state index is 12.5. The topological polar surface area (TPSA) is 88.0 Å². The molecule has 1 amide bonds. The summed E-state index contributed by atoms with van der Waals surface area (Å²) in [5.74, 6) is 1.59. The highest BCUT2D eigenvalue weighted by molar-refractivity contribution is 5.94. The number of carbonyl (C=O) groups is 1. The minimum Gasteiger partial charge on any atom is -0.496 e. The number of nitrogens with zero attached hydrogens (tertiary/aromatic N) is 3. The Kier molecular flexibility index (Phi) is 7.44. The molecular formula is C21H32N4O4. The summed E-state index contributed by atoms with van der Waals surface area (Å²) in [4.78, 5) is 28.1. The fourth-order valence-corrected chi connectivity index (χ4v) is 4.34. The standard InChI is InChI=1S/C21H32N4O4/c1-16-7-10-23(11-8-16)13-17-4-3-9-24(14-17)15-21(26)22-19-6-5-18(29-2)12-20(19)25(27)28/h5-6,12,16-17H,3-4,7-11,13-15H2,1-2H3,(H,22,26). The van der Waals surface area contributed by atoms with Crippen molar-refractivity contribution in [2.24, 2.45) is 11.8 Å². The van der Waals surface area contributed by atoms with E-state index in [1.54, 1.807) is 6.07 Å². The molecule has 1 unspecified atom stereocenters. The third-order valence-electron chi connectivity index (χ3n) is 6.04. The van der Waals surface area contributed by atoms with Crippen LogP contribution in [0.15, 0.2) is 18.2 Å². The lowest BCUT2D eigenvalue weighted by Gasteiger charge is -2.37. The molecule has 0 aliphatic carbocycles. The van der Waals surface area contributed by atoms with Crippen LogP contribution < -0.4 is 10.1 Å². The number of hydrogen-bond acceptors (Lipinski definition) is 6. The summed E-state index contributed by atoms with van der Waals surface area (Å²) in [7, 11) is 1.45. The Morgan fingerprint density at radius 3 is 2.69 bits per heavy atom. The van der Waals surface area contributed by atoms with Crippen LogP contribution in [0.25, 0.3) is 0 Å². The number of rotatable bonds is 7. The number of nitro benzene ring substituents is 1. The maximum atomic E-state index is 12.5. The van der Waals surface area contributed by atoms with E-state index in [2.05, 4.69) is 22.0 Å².